The van der Waals surface area contributed by atoms with E-state index in [1.54, 1.807) is 5.01 Å². The molecule has 3 nitrogen and oxygen atoms in total. The smallest absolute Gasteiger partial charge is 0.243 e. The van der Waals surface area contributed by atoms with Gasteiger partial charge in [0.2, 0.25) is 5.91 Å². The van der Waals surface area contributed by atoms with Crippen molar-refractivity contribution >= 4 is 11.6 Å². The molecule has 1 amide bonds. The van der Waals surface area contributed by atoms with E-state index in [0.717, 1.165) is 18.6 Å². The van der Waals surface area contributed by atoms with Crippen LogP contribution >= 0.6 is 0 Å². The number of benzene rings is 1. The van der Waals surface area contributed by atoms with Crippen LogP contribution in [0.15, 0.2) is 35.4 Å². The molecule has 0 aliphatic carbocycles. The summed E-state index contributed by atoms with van der Waals surface area (Å²) in [7, 11) is 0. The van der Waals surface area contributed by atoms with Crippen LogP contribution in [0.4, 0.5) is 0 Å². The summed E-state index contributed by atoms with van der Waals surface area (Å²) < 4.78 is 0. The lowest BCUT2D eigenvalue weighted by Gasteiger charge is -2.22. The Labute approximate surface area is 95.8 Å². The fraction of sp³-hybridized carbons (Fsp3) is 0.385. The number of carbonyl (C=O) groups is 1. The first-order valence-electron chi connectivity index (χ1n) is 5.64. The van der Waals surface area contributed by atoms with Crippen LogP contribution in [-0.4, -0.2) is 23.2 Å². The van der Waals surface area contributed by atoms with Crippen molar-refractivity contribution in [2.75, 3.05) is 6.54 Å². The maximum atomic E-state index is 11.6. The van der Waals surface area contributed by atoms with Crippen molar-refractivity contribution in [2.24, 2.45) is 5.10 Å². The van der Waals surface area contributed by atoms with Crippen LogP contribution in [0.2, 0.25) is 0 Å². The van der Waals surface area contributed by atoms with Gasteiger partial charge in [0.05, 0.1) is 0 Å². The molecule has 16 heavy (non-hydrogen) atoms. The average molecular weight is 216 g/mol. The van der Waals surface area contributed by atoms with E-state index in [4.69, 9.17) is 0 Å². The summed E-state index contributed by atoms with van der Waals surface area (Å²) in [5.41, 5.74) is 2.29. The van der Waals surface area contributed by atoms with Gasteiger partial charge in [0, 0.05) is 18.7 Å². The van der Waals surface area contributed by atoms with E-state index in [-0.39, 0.29) is 5.91 Å². The number of hydrogen-bond donors (Lipinski definition) is 0. The highest BCUT2D eigenvalue weighted by Gasteiger charge is 2.17. The number of carbonyl (C=O) groups excluding carboxylic acids is 1. The third kappa shape index (κ3) is 2.69. The summed E-state index contributed by atoms with van der Waals surface area (Å²) in [6, 6.07) is 10.2. The Bertz CT molecular complexity index is 398. The standard InChI is InChI=1S/C13H16N2O/c1-11-7-8-13(16)15(14-11)10-9-12-5-3-2-4-6-12/h2-6H,7-10H2,1H3. The van der Waals surface area contributed by atoms with E-state index < -0.39 is 0 Å². The van der Waals surface area contributed by atoms with Crippen molar-refractivity contribution < 1.29 is 4.79 Å². The third-order valence-electron chi connectivity index (χ3n) is 2.74. The molecule has 0 unspecified atom stereocenters. The highest BCUT2D eigenvalue weighted by atomic mass is 16.2. The zero-order valence-electron chi connectivity index (χ0n) is 9.52. The van der Waals surface area contributed by atoms with Gasteiger partial charge >= 0.3 is 0 Å². The van der Waals surface area contributed by atoms with Gasteiger partial charge in [-0.2, -0.15) is 5.10 Å². The topological polar surface area (TPSA) is 32.7 Å². The first-order chi connectivity index (χ1) is 7.75. The van der Waals surface area contributed by atoms with Gasteiger partial charge in [-0.25, -0.2) is 5.01 Å². The van der Waals surface area contributed by atoms with Gasteiger partial charge in [0.1, 0.15) is 0 Å². The zero-order valence-corrected chi connectivity index (χ0v) is 9.52. The molecule has 0 spiro atoms. The van der Waals surface area contributed by atoms with Gasteiger partial charge in [-0.05, 0) is 25.3 Å². The second-order valence-corrected chi connectivity index (χ2v) is 4.09. The van der Waals surface area contributed by atoms with Crippen LogP contribution in [-0.2, 0) is 11.2 Å². The summed E-state index contributed by atoms with van der Waals surface area (Å²) in [6.07, 6.45) is 2.27. The molecular weight excluding hydrogens is 200 g/mol. The summed E-state index contributed by atoms with van der Waals surface area (Å²) in [5.74, 6) is 0.140. The SMILES string of the molecule is CC1=NN(CCc2ccccc2)C(=O)CC1. The van der Waals surface area contributed by atoms with E-state index >= 15 is 0 Å². The monoisotopic (exact) mass is 216 g/mol. The van der Waals surface area contributed by atoms with Crippen LogP contribution in [0, 0.1) is 0 Å². The molecule has 0 saturated carbocycles. The van der Waals surface area contributed by atoms with Crippen LogP contribution < -0.4 is 0 Å². The van der Waals surface area contributed by atoms with Crippen LogP contribution in [0.25, 0.3) is 0 Å². The molecule has 0 atom stereocenters. The van der Waals surface area contributed by atoms with Crippen molar-refractivity contribution in [3.8, 4) is 0 Å². The molecule has 3 heteroatoms. The first-order valence-corrected chi connectivity index (χ1v) is 5.64. The second-order valence-electron chi connectivity index (χ2n) is 4.09. The Morgan fingerprint density at radius 3 is 2.75 bits per heavy atom. The van der Waals surface area contributed by atoms with Gasteiger partial charge in [-0.15, -0.1) is 0 Å². The summed E-state index contributed by atoms with van der Waals surface area (Å²) in [5, 5.41) is 5.88. The molecule has 1 aliphatic rings. The summed E-state index contributed by atoms with van der Waals surface area (Å²) >= 11 is 0. The highest BCUT2D eigenvalue weighted by molar-refractivity contribution is 5.91. The minimum absolute atomic E-state index is 0.140. The molecule has 0 radical (unpaired) electrons. The molecule has 84 valence electrons. The summed E-state index contributed by atoms with van der Waals surface area (Å²) in [6.45, 7) is 2.65. The van der Waals surface area contributed by atoms with Crippen molar-refractivity contribution in [1.82, 2.24) is 5.01 Å². The highest BCUT2D eigenvalue weighted by Crippen LogP contribution is 2.10. The number of nitrogens with zero attached hydrogens (tertiary/aromatic N) is 2. The molecule has 1 aromatic rings. The molecular formula is C13H16N2O. The van der Waals surface area contributed by atoms with E-state index in [9.17, 15) is 4.79 Å². The number of hydrogen-bond acceptors (Lipinski definition) is 2. The first kappa shape index (κ1) is 10.9. The Balaban J connectivity index is 1.95. The lowest BCUT2D eigenvalue weighted by atomic mass is 10.1. The molecule has 2 rings (SSSR count). The minimum atomic E-state index is 0.140. The molecule has 1 aliphatic heterocycles. The molecule has 0 aromatic heterocycles. The van der Waals surface area contributed by atoms with E-state index in [0.29, 0.717) is 13.0 Å². The second kappa shape index (κ2) is 4.92. The average Bonchev–Trinajstić information content (AvgIpc) is 2.32. The van der Waals surface area contributed by atoms with Crippen LogP contribution in [0.1, 0.15) is 25.3 Å². The summed E-state index contributed by atoms with van der Waals surface area (Å²) in [4.78, 5) is 11.6. The van der Waals surface area contributed by atoms with Crippen LogP contribution in [0.3, 0.4) is 0 Å². The van der Waals surface area contributed by atoms with Gasteiger partial charge in [-0.3, -0.25) is 4.79 Å². The molecule has 0 fully saturated rings. The van der Waals surface area contributed by atoms with Gasteiger partial charge in [0.25, 0.3) is 0 Å². The van der Waals surface area contributed by atoms with Gasteiger partial charge in [0.15, 0.2) is 0 Å². The molecule has 1 heterocycles. The fourth-order valence-corrected chi connectivity index (χ4v) is 1.78. The van der Waals surface area contributed by atoms with Crippen molar-refractivity contribution in [1.29, 1.82) is 0 Å². The van der Waals surface area contributed by atoms with Gasteiger partial charge < -0.3 is 0 Å². The van der Waals surface area contributed by atoms with E-state index in [2.05, 4.69) is 17.2 Å². The Morgan fingerprint density at radius 1 is 1.25 bits per heavy atom. The Hall–Kier alpha value is -1.64. The van der Waals surface area contributed by atoms with Crippen LogP contribution in [0.5, 0.6) is 0 Å². The quantitative estimate of drug-likeness (QED) is 0.762. The molecule has 0 saturated heterocycles. The molecule has 1 aromatic carbocycles. The maximum absolute atomic E-state index is 11.6. The third-order valence-corrected chi connectivity index (χ3v) is 2.74. The number of hydrazone groups is 1. The van der Waals surface area contributed by atoms with Gasteiger partial charge in [-0.1, -0.05) is 30.3 Å². The van der Waals surface area contributed by atoms with Crippen molar-refractivity contribution in [3.63, 3.8) is 0 Å². The van der Waals surface area contributed by atoms with E-state index in [1.807, 2.05) is 25.1 Å². The molecule has 0 bridgehead atoms. The molecule has 0 N–H and O–H groups in total. The lowest BCUT2D eigenvalue weighted by Crippen LogP contribution is -2.32. The lowest BCUT2D eigenvalue weighted by molar-refractivity contribution is -0.131. The van der Waals surface area contributed by atoms with E-state index in [1.165, 1.54) is 5.56 Å². The predicted molar refractivity (Wildman–Crippen MR) is 64.2 cm³/mol. The number of amides is 1. The largest absolute Gasteiger partial charge is 0.273 e. The minimum Gasteiger partial charge on any atom is -0.273 e. The zero-order chi connectivity index (χ0) is 11.4. The Morgan fingerprint density at radius 2 is 2.00 bits per heavy atom. The van der Waals surface area contributed by atoms with Crippen molar-refractivity contribution in [3.05, 3.63) is 35.9 Å². The predicted octanol–water partition coefficient (Wildman–Crippen LogP) is 2.23. The fourth-order valence-electron chi connectivity index (χ4n) is 1.78. The number of rotatable bonds is 3. The normalized spacial score (nSPS) is 16.2. The maximum Gasteiger partial charge on any atom is 0.243 e. The Kier molecular flexibility index (Phi) is 3.34. The van der Waals surface area contributed by atoms with Crippen molar-refractivity contribution in [2.45, 2.75) is 26.2 Å².